The van der Waals surface area contributed by atoms with Gasteiger partial charge in [-0.25, -0.2) is 0 Å². The van der Waals surface area contributed by atoms with E-state index in [4.69, 9.17) is 18.9 Å². The highest BCUT2D eigenvalue weighted by molar-refractivity contribution is 6.04. The molecule has 0 aliphatic carbocycles. The Morgan fingerprint density at radius 1 is 1.05 bits per heavy atom. The molecule has 0 saturated carbocycles. The zero-order valence-electron chi connectivity index (χ0n) is 26.5. The van der Waals surface area contributed by atoms with E-state index in [0.717, 1.165) is 25.9 Å². The van der Waals surface area contributed by atoms with Gasteiger partial charge in [-0.2, -0.15) is 0 Å². The van der Waals surface area contributed by atoms with Crippen LogP contribution in [0, 0.1) is 17.3 Å². The van der Waals surface area contributed by atoms with Gasteiger partial charge >= 0.3 is 5.97 Å². The molecule has 0 spiro atoms. The van der Waals surface area contributed by atoms with Crippen molar-refractivity contribution >= 4 is 11.8 Å². The smallest absolute Gasteiger partial charge is 0.319 e. The van der Waals surface area contributed by atoms with Crippen molar-refractivity contribution in [2.24, 2.45) is 17.3 Å². The van der Waals surface area contributed by atoms with Crippen LogP contribution in [0.4, 0.5) is 0 Å². The number of rotatable bonds is 5. The quantitative estimate of drug-likeness (QED) is 0.391. The maximum absolute atomic E-state index is 14.0. The predicted octanol–water partition coefficient (Wildman–Crippen LogP) is 2.02. The Labute approximate surface area is 241 Å². The number of esters is 1. The van der Waals surface area contributed by atoms with Gasteiger partial charge in [0.2, 0.25) is 0 Å². The first-order valence-electron chi connectivity index (χ1n) is 15.0. The number of ketones is 1. The van der Waals surface area contributed by atoms with Crippen LogP contribution in [0.5, 0.6) is 0 Å². The van der Waals surface area contributed by atoms with Crippen molar-refractivity contribution in [3.8, 4) is 0 Å². The summed E-state index contributed by atoms with van der Waals surface area (Å²) >= 11 is 0. The predicted molar refractivity (Wildman–Crippen MR) is 153 cm³/mol. The van der Waals surface area contributed by atoms with Gasteiger partial charge in [0.05, 0.1) is 24.4 Å². The topological polar surface area (TPSA) is 101 Å². The fourth-order valence-corrected chi connectivity index (χ4v) is 6.91. The molecule has 10 heteroatoms. The summed E-state index contributed by atoms with van der Waals surface area (Å²) in [5.41, 5.74) is -1.38. The summed E-state index contributed by atoms with van der Waals surface area (Å²) in [6.45, 7) is 11.2. The lowest BCUT2D eigenvalue weighted by Gasteiger charge is -2.44. The fraction of sp³-hybridized carbons (Fsp3) is 0.933. The van der Waals surface area contributed by atoms with E-state index in [0.29, 0.717) is 12.8 Å². The molecule has 10 atom stereocenters. The van der Waals surface area contributed by atoms with E-state index in [1.54, 1.807) is 27.9 Å². The zero-order chi connectivity index (χ0) is 29.9. The Morgan fingerprint density at radius 3 is 2.30 bits per heavy atom. The van der Waals surface area contributed by atoms with Crippen molar-refractivity contribution in [2.75, 3.05) is 55.0 Å². The molecule has 0 aromatic rings. The second-order valence-corrected chi connectivity index (χ2v) is 13.4. The Balaban J connectivity index is 1.95. The molecule has 3 aliphatic rings. The molecule has 0 bridgehead atoms. The Kier molecular flexibility index (Phi) is 11.6. The molecule has 232 valence electrons. The minimum Gasteiger partial charge on any atom is -0.463 e. The number of carbonyl (C=O) groups is 2. The van der Waals surface area contributed by atoms with Gasteiger partial charge in [-0.3, -0.25) is 14.5 Å². The molecule has 0 radical (unpaired) electrons. The third kappa shape index (κ3) is 7.43. The lowest BCUT2D eigenvalue weighted by molar-refractivity contribution is -0.284. The highest BCUT2D eigenvalue weighted by Gasteiger charge is 2.48. The molecule has 40 heavy (non-hydrogen) atoms. The van der Waals surface area contributed by atoms with Crippen LogP contribution in [0.1, 0.15) is 60.3 Å². The number of nitrogens with zero attached hydrogens (tertiary/aromatic N) is 3. The second-order valence-electron chi connectivity index (χ2n) is 13.4. The molecular formula is C30H55N3O7. The normalized spacial score (nSPS) is 41.3. The van der Waals surface area contributed by atoms with Crippen LogP contribution >= 0.6 is 0 Å². The standard InChI is InChI=1S/C30H55N3O7/c1-18-14-24(37-10)26(40-28-25(34)22(31(6)7)15-19(2)39-28)20(3)27(35)30(4,5)29(36)38-17-23(33(9)16-18)21-12-11-13-32(21)8/h18-26,28,34H,11-17H2,1-10H3/t18-,19-,20-,21+,22+,23+,24-,25-,26-,28+/m1/s1. The first-order valence-corrected chi connectivity index (χ1v) is 15.0. The molecular weight excluding hydrogens is 514 g/mol. The maximum atomic E-state index is 14.0. The van der Waals surface area contributed by atoms with E-state index in [1.165, 1.54) is 0 Å². The van der Waals surface area contributed by atoms with Crippen molar-refractivity contribution in [3.05, 3.63) is 0 Å². The molecule has 10 nitrogen and oxygen atoms in total. The van der Waals surface area contributed by atoms with Crippen LogP contribution in [-0.2, 0) is 28.5 Å². The first kappa shape index (κ1) is 33.4. The summed E-state index contributed by atoms with van der Waals surface area (Å²) in [7, 11) is 9.69. The molecule has 3 fully saturated rings. The molecule has 3 aliphatic heterocycles. The SMILES string of the molecule is CO[C@@H]1C[C@@H](C)CN(C)[C@H]([C@@H]2CCCN2C)COC(=O)C(C)(C)C(=O)[C@H](C)[C@H]1O[C@@H]1O[C@H](C)C[C@H](N(C)C)[C@H]1O. The summed E-state index contributed by atoms with van der Waals surface area (Å²) in [4.78, 5) is 34.0. The summed E-state index contributed by atoms with van der Waals surface area (Å²) < 4.78 is 24.5. The lowest BCUT2D eigenvalue weighted by Crippen LogP contribution is -2.57. The number of aliphatic hydroxyl groups is 1. The van der Waals surface area contributed by atoms with Crippen LogP contribution < -0.4 is 0 Å². The number of hydrogen-bond acceptors (Lipinski definition) is 10. The van der Waals surface area contributed by atoms with Crippen LogP contribution in [0.3, 0.4) is 0 Å². The Morgan fingerprint density at radius 2 is 1.73 bits per heavy atom. The Hall–Kier alpha value is -1.14. The number of likely N-dealkylation sites (tertiary alicyclic amines) is 1. The number of aliphatic hydroxyl groups excluding tert-OH is 1. The molecule has 0 amide bonds. The molecule has 3 saturated heterocycles. The summed E-state index contributed by atoms with van der Waals surface area (Å²) in [5.74, 6) is -1.31. The molecule has 3 heterocycles. The van der Waals surface area contributed by atoms with E-state index in [9.17, 15) is 14.7 Å². The largest absolute Gasteiger partial charge is 0.463 e. The lowest BCUT2D eigenvalue weighted by atomic mass is 9.78. The van der Waals surface area contributed by atoms with E-state index < -0.39 is 41.9 Å². The van der Waals surface area contributed by atoms with E-state index in [-0.39, 0.29) is 42.5 Å². The average molecular weight is 570 g/mol. The highest BCUT2D eigenvalue weighted by atomic mass is 16.7. The van der Waals surface area contributed by atoms with Gasteiger partial charge in [0.15, 0.2) is 12.1 Å². The first-order chi connectivity index (χ1) is 18.7. The van der Waals surface area contributed by atoms with Gasteiger partial charge < -0.3 is 33.9 Å². The zero-order valence-corrected chi connectivity index (χ0v) is 26.5. The molecule has 1 N–H and O–H groups in total. The molecule has 0 aromatic carbocycles. The average Bonchev–Trinajstić information content (AvgIpc) is 3.31. The van der Waals surface area contributed by atoms with Gasteiger partial charge in [0.25, 0.3) is 0 Å². The number of hydrogen-bond donors (Lipinski definition) is 1. The summed E-state index contributed by atoms with van der Waals surface area (Å²) in [6, 6.07) is 0.144. The third-order valence-electron chi connectivity index (χ3n) is 9.48. The number of methoxy groups -OCH3 is 1. The maximum Gasteiger partial charge on any atom is 0.319 e. The van der Waals surface area contributed by atoms with Crippen molar-refractivity contribution < 1.29 is 33.6 Å². The molecule has 0 aromatic heterocycles. The van der Waals surface area contributed by atoms with E-state index >= 15 is 0 Å². The van der Waals surface area contributed by atoms with Crippen LogP contribution in [0.15, 0.2) is 0 Å². The van der Waals surface area contributed by atoms with Crippen molar-refractivity contribution in [1.82, 2.24) is 14.7 Å². The van der Waals surface area contributed by atoms with Gasteiger partial charge in [0, 0.05) is 31.7 Å². The van der Waals surface area contributed by atoms with Gasteiger partial charge in [-0.05, 0) is 87.1 Å². The minimum atomic E-state index is -1.38. The van der Waals surface area contributed by atoms with E-state index in [1.807, 2.05) is 25.9 Å². The number of likely N-dealkylation sites (N-methyl/N-ethyl adjacent to an activating group) is 3. The number of Topliss-reactive ketones (excluding diaryl/α,β-unsaturated/α-hetero) is 1. The minimum absolute atomic E-state index is 0.0197. The highest BCUT2D eigenvalue weighted by Crippen LogP contribution is 2.34. The fourth-order valence-electron chi connectivity index (χ4n) is 6.91. The van der Waals surface area contributed by atoms with Gasteiger partial charge in [-0.1, -0.05) is 13.8 Å². The summed E-state index contributed by atoms with van der Waals surface area (Å²) in [5, 5.41) is 11.2. The monoisotopic (exact) mass is 569 g/mol. The van der Waals surface area contributed by atoms with Crippen molar-refractivity contribution in [3.63, 3.8) is 0 Å². The second kappa shape index (κ2) is 13.9. The molecule has 3 rings (SSSR count). The van der Waals surface area contributed by atoms with Gasteiger partial charge in [0.1, 0.15) is 18.1 Å². The van der Waals surface area contributed by atoms with Crippen LogP contribution in [0.25, 0.3) is 0 Å². The van der Waals surface area contributed by atoms with Crippen LogP contribution in [0.2, 0.25) is 0 Å². The van der Waals surface area contributed by atoms with E-state index in [2.05, 4.69) is 30.8 Å². The van der Waals surface area contributed by atoms with Crippen molar-refractivity contribution in [2.45, 2.75) is 109 Å². The van der Waals surface area contributed by atoms with Crippen LogP contribution in [-0.4, -0.2) is 135 Å². The Bertz CT molecular complexity index is 855. The number of carbonyl (C=O) groups excluding carboxylic acids is 2. The number of cyclic esters (lactones) is 1. The summed E-state index contributed by atoms with van der Waals surface area (Å²) in [6.07, 6.45) is 0.318. The van der Waals surface area contributed by atoms with Crippen molar-refractivity contribution in [1.29, 1.82) is 0 Å². The molecule has 0 unspecified atom stereocenters. The number of ether oxygens (including phenoxy) is 4. The van der Waals surface area contributed by atoms with Gasteiger partial charge in [-0.15, -0.1) is 0 Å². The third-order valence-corrected chi connectivity index (χ3v) is 9.48.